The first-order chi connectivity index (χ1) is 15.0. The first kappa shape index (κ1) is 31.0. The van der Waals surface area contributed by atoms with E-state index in [0.717, 1.165) is 27.8 Å². The van der Waals surface area contributed by atoms with Gasteiger partial charge in [0.15, 0.2) is 0 Å². The Morgan fingerprint density at radius 1 is 1.16 bits per heavy atom. The van der Waals surface area contributed by atoms with Crippen LogP contribution in [0.2, 0.25) is 0 Å². The van der Waals surface area contributed by atoms with Gasteiger partial charge in [0.2, 0.25) is 0 Å². The van der Waals surface area contributed by atoms with Gasteiger partial charge in [-0.05, 0) is 88.9 Å². The van der Waals surface area contributed by atoms with E-state index in [-0.39, 0.29) is 5.92 Å². The molecule has 172 valence electrons. The Kier molecular flexibility index (Phi) is 15.9. The maximum atomic E-state index is 9.20. The molecule has 2 N–H and O–H groups in total. The predicted molar refractivity (Wildman–Crippen MR) is 143 cm³/mol. The fourth-order valence-electron chi connectivity index (χ4n) is 3.23. The van der Waals surface area contributed by atoms with Crippen LogP contribution in [0.4, 0.5) is 0 Å². The van der Waals surface area contributed by atoms with Gasteiger partial charge in [-0.25, -0.2) is 0 Å². The Hall–Kier alpha value is -3.23. The summed E-state index contributed by atoms with van der Waals surface area (Å²) in [5, 5.41) is 9.20. The van der Waals surface area contributed by atoms with E-state index in [1.807, 2.05) is 58.0 Å². The summed E-state index contributed by atoms with van der Waals surface area (Å²) in [4.78, 5) is 0. The van der Waals surface area contributed by atoms with Gasteiger partial charge in [-0.15, -0.1) is 12.3 Å². The van der Waals surface area contributed by atoms with Crippen molar-refractivity contribution in [1.29, 1.82) is 5.26 Å². The molecule has 0 amide bonds. The Balaban J connectivity index is 0. The number of nitrogens with zero attached hydrogens (tertiary/aromatic N) is 1. The molecule has 1 aromatic carbocycles. The molecule has 2 nitrogen and oxygen atoms in total. The number of terminal acetylenes is 1. The third kappa shape index (κ3) is 10.2. The molecule has 0 aromatic heterocycles. The van der Waals surface area contributed by atoms with Crippen LogP contribution < -0.4 is 5.73 Å². The summed E-state index contributed by atoms with van der Waals surface area (Å²) in [5.41, 5.74) is 15.1. The quantitative estimate of drug-likeness (QED) is 0.364. The van der Waals surface area contributed by atoms with Gasteiger partial charge in [0.1, 0.15) is 0 Å². The highest BCUT2D eigenvalue weighted by Gasteiger charge is 2.25. The minimum atomic E-state index is -0.0266. The van der Waals surface area contributed by atoms with Crippen LogP contribution in [-0.4, -0.2) is 0 Å². The summed E-state index contributed by atoms with van der Waals surface area (Å²) in [6.07, 6.45) is 9.73. The molecule has 1 unspecified atom stereocenters. The molecule has 0 spiro atoms. The number of hydrogen-bond acceptors (Lipinski definition) is 2. The van der Waals surface area contributed by atoms with Crippen LogP contribution in [0.3, 0.4) is 0 Å². The van der Waals surface area contributed by atoms with Crippen molar-refractivity contribution in [3.05, 3.63) is 93.8 Å². The number of allylic oxidation sites excluding steroid dienone is 7. The average molecular weight is 431 g/mol. The van der Waals surface area contributed by atoms with Crippen LogP contribution in [0, 0.1) is 30.6 Å². The number of aryl methyl sites for hydroxylation is 1. The molecule has 1 aromatic rings. The van der Waals surface area contributed by atoms with Gasteiger partial charge >= 0.3 is 0 Å². The minimum Gasteiger partial charge on any atom is -0.399 e. The van der Waals surface area contributed by atoms with Crippen molar-refractivity contribution in [1.82, 2.24) is 0 Å². The topological polar surface area (TPSA) is 49.8 Å². The van der Waals surface area contributed by atoms with Gasteiger partial charge in [0.25, 0.3) is 0 Å². The van der Waals surface area contributed by atoms with Crippen molar-refractivity contribution in [3.63, 3.8) is 0 Å². The molecule has 0 aliphatic carbocycles. The number of rotatable bonds is 6. The van der Waals surface area contributed by atoms with E-state index in [2.05, 4.69) is 59.3 Å². The van der Waals surface area contributed by atoms with Crippen molar-refractivity contribution < 1.29 is 0 Å². The summed E-state index contributed by atoms with van der Waals surface area (Å²) in [5.74, 6) is 2.22. The van der Waals surface area contributed by atoms with Gasteiger partial charge in [-0.2, -0.15) is 5.26 Å². The monoisotopic (exact) mass is 430 g/mol. The number of benzene rings is 1. The molecule has 1 atom stereocenters. The van der Waals surface area contributed by atoms with Crippen LogP contribution in [0.1, 0.15) is 84.4 Å². The summed E-state index contributed by atoms with van der Waals surface area (Å²) in [7, 11) is 0. The zero-order chi connectivity index (χ0) is 25.4. The largest absolute Gasteiger partial charge is 0.399 e. The summed E-state index contributed by atoms with van der Waals surface area (Å²) >= 11 is 0. The van der Waals surface area contributed by atoms with Crippen LogP contribution in [0.15, 0.2) is 77.1 Å². The molecule has 0 aliphatic heterocycles. The Bertz CT molecular complexity index is 950. The van der Waals surface area contributed by atoms with E-state index >= 15 is 0 Å². The molecule has 0 aliphatic rings. The van der Waals surface area contributed by atoms with E-state index in [9.17, 15) is 5.26 Å². The van der Waals surface area contributed by atoms with Gasteiger partial charge < -0.3 is 5.73 Å². The van der Waals surface area contributed by atoms with Crippen LogP contribution in [0.25, 0.3) is 0 Å². The molecule has 0 heterocycles. The molecule has 0 saturated heterocycles. The lowest BCUT2D eigenvalue weighted by atomic mass is 9.76. The smallest absolute Gasteiger partial charge is 0.0991 e. The molecule has 0 radical (unpaired) electrons. The highest BCUT2D eigenvalue weighted by Crippen LogP contribution is 2.41. The normalized spacial score (nSPS) is 11.3. The second-order valence-corrected chi connectivity index (χ2v) is 7.97. The molecule has 1 rings (SSSR count). The zero-order valence-electron chi connectivity index (χ0n) is 21.7. The van der Waals surface area contributed by atoms with E-state index in [4.69, 9.17) is 5.73 Å². The molecule has 0 fully saturated rings. The highest BCUT2D eigenvalue weighted by atomic mass is 14.6. The Labute approximate surface area is 197 Å². The fourth-order valence-corrected chi connectivity index (χ4v) is 3.23. The molecule has 0 bridgehead atoms. The predicted octanol–water partition coefficient (Wildman–Crippen LogP) is 8.28. The SMILES string of the molecule is C#CC.C=C(C)C(=C(C)C)C(/C(=C/C(N)=C\C)C(=C)C)c1ccc(C#N)cc1C.CCC. The highest BCUT2D eigenvalue weighted by molar-refractivity contribution is 5.56. The molecular formula is C30H42N2. The lowest BCUT2D eigenvalue weighted by Gasteiger charge is -2.28. The van der Waals surface area contributed by atoms with Gasteiger partial charge in [0, 0.05) is 11.6 Å². The van der Waals surface area contributed by atoms with Crippen molar-refractivity contribution in [2.24, 2.45) is 5.73 Å². The third-order valence-electron chi connectivity index (χ3n) is 4.46. The maximum absolute atomic E-state index is 9.20. The number of nitriles is 1. The number of hydrogen-bond donors (Lipinski definition) is 1. The van der Waals surface area contributed by atoms with Crippen molar-refractivity contribution in [2.45, 2.75) is 74.7 Å². The molecular weight excluding hydrogens is 388 g/mol. The van der Waals surface area contributed by atoms with Crippen LogP contribution >= 0.6 is 0 Å². The Morgan fingerprint density at radius 2 is 1.66 bits per heavy atom. The van der Waals surface area contributed by atoms with E-state index in [1.54, 1.807) is 6.92 Å². The van der Waals surface area contributed by atoms with Gasteiger partial charge in [-0.3, -0.25) is 0 Å². The van der Waals surface area contributed by atoms with Crippen molar-refractivity contribution in [2.75, 3.05) is 0 Å². The lowest BCUT2D eigenvalue weighted by Crippen LogP contribution is -2.12. The second-order valence-electron chi connectivity index (χ2n) is 7.97. The average Bonchev–Trinajstić information content (AvgIpc) is 2.70. The zero-order valence-corrected chi connectivity index (χ0v) is 21.7. The molecule has 0 saturated carbocycles. The van der Waals surface area contributed by atoms with Crippen LogP contribution in [-0.2, 0) is 0 Å². The van der Waals surface area contributed by atoms with Gasteiger partial charge in [0.05, 0.1) is 11.6 Å². The Morgan fingerprint density at radius 3 is 1.97 bits per heavy atom. The van der Waals surface area contributed by atoms with Crippen molar-refractivity contribution in [3.8, 4) is 18.4 Å². The lowest BCUT2D eigenvalue weighted by molar-refractivity contribution is 0.903. The van der Waals surface area contributed by atoms with E-state index in [1.165, 1.54) is 17.6 Å². The van der Waals surface area contributed by atoms with E-state index in [0.29, 0.717) is 11.3 Å². The van der Waals surface area contributed by atoms with E-state index < -0.39 is 0 Å². The molecule has 2 heteroatoms. The van der Waals surface area contributed by atoms with Crippen molar-refractivity contribution >= 4 is 0 Å². The maximum Gasteiger partial charge on any atom is 0.0991 e. The second kappa shape index (κ2) is 16.5. The fraction of sp³-hybridized carbons (Fsp3) is 0.367. The standard InChI is InChI=1S/C24H30N2.C3H8.C3H4/c1-9-20(26)13-22(15(2)3)24(23(16(4)5)17(6)7)21-11-10-19(14-25)12-18(21)8;2*1-3-2/h9-13,24H,2,4,26H2,1,3,5-8H3;3H2,1-2H3;1H,2H3/b20-9+,22-13+;;. The summed E-state index contributed by atoms with van der Waals surface area (Å²) in [6.45, 7) is 26.5. The summed E-state index contributed by atoms with van der Waals surface area (Å²) in [6, 6.07) is 8.04. The minimum absolute atomic E-state index is 0.0266. The third-order valence-corrected chi connectivity index (χ3v) is 4.46. The first-order valence-corrected chi connectivity index (χ1v) is 11.0. The summed E-state index contributed by atoms with van der Waals surface area (Å²) < 4.78 is 0. The van der Waals surface area contributed by atoms with Crippen LogP contribution in [0.5, 0.6) is 0 Å². The number of nitrogens with two attached hydrogens (primary N) is 1. The molecule has 32 heavy (non-hydrogen) atoms. The van der Waals surface area contributed by atoms with Gasteiger partial charge in [-0.1, -0.05) is 62.3 Å². The first-order valence-electron chi connectivity index (χ1n) is 11.0.